The Hall–Kier alpha value is -5.92. The van der Waals surface area contributed by atoms with Crippen LogP contribution in [0.1, 0.15) is 61.1 Å². The molecule has 250 valence electrons. The highest BCUT2D eigenvalue weighted by atomic mass is 15.1. The van der Waals surface area contributed by atoms with Crippen molar-refractivity contribution in [1.82, 2.24) is 0 Å². The molecular formula is C51H41N. The molecule has 0 atom stereocenters. The summed E-state index contributed by atoms with van der Waals surface area (Å²) in [6.45, 7) is 9.69. The van der Waals surface area contributed by atoms with Crippen molar-refractivity contribution in [3.05, 3.63) is 197 Å². The minimum Gasteiger partial charge on any atom is -0.310 e. The molecule has 8 aromatic rings. The van der Waals surface area contributed by atoms with Crippen molar-refractivity contribution in [1.29, 1.82) is 0 Å². The second-order valence-electron chi connectivity index (χ2n) is 15.8. The fourth-order valence-electron chi connectivity index (χ4n) is 9.38. The Kier molecular flexibility index (Phi) is 6.70. The van der Waals surface area contributed by atoms with Crippen LogP contribution in [0.15, 0.2) is 164 Å². The largest absolute Gasteiger partial charge is 0.310 e. The Labute approximate surface area is 306 Å². The fourth-order valence-corrected chi connectivity index (χ4v) is 9.38. The van der Waals surface area contributed by atoms with Gasteiger partial charge in [0.2, 0.25) is 0 Å². The Balaban J connectivity index is 1.14. The molecule has 0 bridgehead atoms. The van der Waals surface area contributed by atoms with E-state index < -0.39 is 0 Å². The lowest BCUT2D eigenvalue weighted by Crippen LogP contribution is -2.17. The topological polar surface area (TPSA) is 3.24 Å². The van der Waals surface area contributed by atoms with Crippen molar-refractivity contribution in [3.63, 3.8) is 0 Å². The van der Waals surface area contributed by atoms with Gasteiger partial charge in [0.15, 0.2) is 0 Å². The number of hydrogen-bond donors (Lipinski definition) is 0. The Morgan fingerprint density at radius 2 is 1.02 bits per heavy atom. The highest BCUT2D eigenvalue weighted by Gasteiger charge is 2.42. The summed E-state index contributed by atoms with van der Waals surface area (Å²) in [6, 6.07) is 60.9. The summed E-state index contributed by atoms with van der Waals surface area (Å²) < 4.78 is 0. The highest BCUT2D eigenvalue weighted by molar-refractivity contribution is 6.05. The quantitative estimate of drug-likeness (QED) is 0.177. The molecule has 0 spiro atoms. The lowest BCUT2D eigenvalue weighted by molar-refractivity contribution is 0.652. The van der Waals surface area contributed by atoms with Crippen LogP contribution in [0.3, 0.4) is 0 Å². The number of rotatable bonds is 5. The van der Waals surface area contributed by atoms with Crippen LogP contribution in [0.4, 0.5) is 17.1 Å². The van der Waals surface area contributed by atoms with Crippen LogP contribution in [0.25, 0.3) is 43.8 Å². The maximum Gasteiger partial charge on any atom is 0.0540 e. The van der Waals surface area contributed by atoms with Gasteiger partial charge in [-0.15, -0.1) is 0 Å². The predicted molar refractivity (Wildman–Crippen MR) is 221 cm³/mol. The average molecular weight is 668 g/mol. The van der Waals surface area contributed by atoms with Crippen molar-refractivity contribution in [2.45, 2.75) is 44.9 Å². The highest BCUT2D eigenvalue weighted by Crippen LogP contribution is 2.58. The average Bonchev–Trinajstić information content (AvgIpc) is 3.53. The van der Waals surface area contributed by atoms with Gasteiger partial charge in [-0.25, -0.2) is 0 Å². The van der Waals surface area contributed by atoms with Gasteiger partial charge >= 0.3 is 0 Å². The third kappa shape index (κ3) is 4.48. The van der Waals surface area contributed by atoms with Crippen LogP contribution >= 0.6 is 0 Å². The lowest BCUT2D eigenvalue weighted by Gasteiger charge is -2.29. The van der Waals surface area contributed by atoms with E-state index in [1.54, 1.807) is 0 Å². The molecule has 10 rings (SSSR count). The molecule has 0 aliphatic heterocycles. The number of hydrogen-bond acceptors (Lipinski definition) is 1. The first kappa shape index (κ1) is 30.9. The molecule has 0 aromatic heterocycles. The van der Waals surface area contributed by atoms with Gasteiger partial charge < -0.3 is 4.90 Å². The van der Waals surface area contributed by atoms with E-state index in [-0.39, 0.29) is 10.8 Å². The SMILES string of the molecule is CC1(C)c2cc(N(c3ccccc3)c3cccc4ccccc34)ccc2-c2cc3c(cc21)-c1c(cc(Cc2ccccc2)c2ccccc12)C3(C)C. The third-order valence-corrected chi connectivity index (χ3v) is 12.1. The Morgan fingerprint density at radius 3 is 1.81 bits per heavy atom. The first-order chi connectivity index (χ1) is 25.3. The minimum atomic E-state index is -0.174. The standard InChI is InChI=1S/C51H41N/c1-50(2)44-30-37(52(36-20-9-6-10-21-36)48-25-15-19-34-18-11-12-23-39(34)48)26-27-40(44)42-31-46-43(32-45(42)50)49-41-24-14-13-22-38(41)35(29-47(49)51(46,3)4)28-33-16-7-5-8-17-33/h5-27,29-32H,28H2,1-4H3. The smallest absolute Gasteiger partial charge is 0.0540 e. The molecule has 0 amide bonds. The molecule has 0 unspecified atom stereocenters. The van der Waals surface area contributed by atoms with Gasteiger partial charge in [-0.2, -0.15) is 0 Å². The van der Waals surface area contributed by atoms with Crippen LogP contribution in [0.5, 0.6) is 0 Å². The van der Waals surface area contributed by atoms with Crippen molar-refractivity contribution in [2.24, 2.45) is 0 Å². The monoisotopic (exact) mass is 667 g/mol. The maximum atomic E-state index is 2.56. The fraction of sp³-hybridized carbons (Fsp3) is 0.137. The van der Waals surface area contributed by atoms with E-state index in [2.05, 4.69) is 196 Å². The molecule has 0 heterocycles. The lowest BCUT2D eigenvalue weighted by atomic mass is 9.79. The van der Waals surface area contributed by atoms with Crippen LogP contribution in [-0.2, 0) is 17.3 Å². The number of anilines is 3. The van der Waals surface area contributed by atoms with E-state index >= 15 is 0 Å². The number of para-hydroxylation sites is 1. The zero-order valence-electron chi connectivity index (χ0n) is 30.2. The second kappa shape index (κ2) is 11.3. The summed E-state index contributed by atoms with van der Waals surface area (Å²) in [4.78, 5) is 2.43. The normalized spacial score (nSPS) is 14.5. The molecule has 1 heteroatoms. The number of nitrogens with zero attached hydrogens (tertiary/aromatic N) is 1. The predicted octanol–water partition coefficient (Wildman–Crippen LogP) is 13.7. The minimum absolute atomic E-state index is 0.125. The van der Waals surface area contributed by atoms with Crippen molar-refractivity contribution >= 4 is 38.6 Å². The molecule has 0 saturated carbocycles. The molecule has 0 saturated heterocycles. The number of fused-ring (bicyclic) bond motifs is 9. The molecule has 8 aromatic carbocycles. The molecule has 52 heavy (non-hydrogen) atoms. The summed E-state index contributed by atoms with van der Waals surface area (Å²) in [6.07, 6.45) is 0.930. The van der Waals surface area contributed by atoms with Crippen molar-refractivity contribution in [3.8, 4) is 22.3 Å². The molecule has 0 radical (unpaired) electrons. The van der Waals surface area contributed by atoms with Gasteiger partial charge in [-0.1, -0.05) is 149 Å². The molecular weight excluding hydrogens is 627 g/mol. The van der Waals surface area contributed by atoms with E-state index in [1.807, 2.05) is 0 Å². The zero-order chi connectivity index (χ0) is 35.2. The first-order valence-corrected chi connectivity index (χ1v) is 18.6. The van der Waals surface area contributed by atoms with Crippen molar-refractivity contribution < 1.29 is 0 Å². The summed E-state index contributed by atoms with van der Waals surface area (Å²) >= 11 is 0. The van der Waals surface area contributed by atoms with Gasteiger partial charge in [0.25, 0.3) is 0 Å². The zero-order valence-corrected chi connectivity index (χ0v) is 30.2. The van der Waals surface area contributed by atoms with Gasteiger partial charge in [0, 0.05) is 27.6 Å². The van der Waals surface area contributed by atoms with Crippen LogP contribution in [-0.4, -0.2) is 0 Å². The summed E-state index contributed by atoms with van der Waals surface area (Å²) in [7, 11) is 0. The Morgan fingerprint density at radius 1 is 0.423 bits per heavy atom. The van der Waals surface area contributed by atoms with Gasteiger partial charge in [-0.05, 0) is 121 Å². The number of benzene rings is 8. The second-order valence-corrected chi connectivity index (χ2v) is 15.8. The third-order valence-electron chi connectivity index (χ3n) is 12.1. The van der Waals surface area contributed by atoms with E-state index in [4.69, 9.17) is 0 Å². The summed E-state index contributed by atoms with van der Waals surface area (Å²) in [5, 5.41) is 5.21. The molecule has 2 aliphatic rings. The van der Waals surface area contributed by atoms with Gasteiger partial charge in [-0.3, -0.25) is 0 Å². The van der Waals surface area contributed by atoms with Crippen LogP contribution < -0.4 is 4.90 Å². The van der Waals surface area contributed by atoms with Gasteiger partial charge in [0.1, 0.15) is 0 Å². The van der Waals surface area contributed by atoms with Crippen molar-refractivity contribution in [2.75, 3.05) is 4.90 Å². The molecule has 0 fully saturated rings. The summed E-state index contributed by atoms with van der Waals surface area (Å²) in [5.74, 6) is 0. The molecule has 0 N–H and O–H groups in total. The Bertz CT molecular complexity index is 2690. The first-order valence-electron chi connectivity index (χ1n) is 18.6. The van der Waals surface area contributed by atoms with E-state index in [0.717, 1.165) is 12.1 Å². The maximum absolute atomic E-state index is 2.56. The van der Waals surface area contributed by atoms with E-state index in [0.29, 0.717) is 0 Å². The summed E-state index contributed by atoms with van der Waals surface area (Å²) in [5.41, 5.74) is 17.2. The molecule has 2 aliphatic carbocycles. The van der Waals surface area contributed by atoms with Gasteiger partial charge in [0.05, 0.1) is 5.69 Å². The van der Waals surface area contributed by atoms with Crippen LogP contribution in [0.2, 0.25) is 0 Å². The molecule has 1 nitrogen and oxygen atoms in total. The van der Waals surface area contributed by atoms with E-state index in [9.17, 15) is 0 Å². The van der Waals surface area contributed by atoms with Crippen LogP contribution in [0, 0.1) is 0 Å². The van der Waals surface area contributed by atoms with E-state index in [1.165, 1.54) is 88.6 Å².